The average molecular weight is 234 g/mol. The first-order valence-electron chi connectivity index (χ1n) is 5.14. The number of carbonyl (C=O) groups excluding carboxylic acids is 1. The third-order valence-electron chi connectivity index (χ3n) is 2.71. The summed E-state index contributed by atoms with van der Waals surface area (Å²) >= 11 is 5.52. The molecule has 0 aromatic rings. The minimum absolute atomic E-state index is 0.0468. The highest BCUT2D eigenvalue weighted by atomic mass is 35.5. The SMILES string of the molecule is CN(CCl)C(=O)N(N=O)C1CCCCC1. The largest absolute Gasteiger partial charge is 0.343 e. The van der Waals surface area contributed by atoms with Gasteiger partial charge in [-0.25, -0.2) is 4.79 Å². The van der Waals surface area contributed by atoms with Crippen LogP contribution in [0.5, 0.6) is 0 Å². The number of hydrogen-bond acceptors (Lipinski definition) is 3. The van der Waals surface area contributed by atoms with Crippen molar-refractivity contribution >= 4 is 17.6 Å². The lowest BCUT2D eigenvalue weighted by atomic mass is 9.95. The fourth-order valence-corrected chi connectivity index (χ4v) is 1.91. The highest BCUT2D eigenvalue weighted by Crippen LogP contribution is 2.23. The first-order chi connectivity index (χ1) is 7.20. The monoisotopic (exact) mass is 233 g/mol. The summed E-state index contributed by atoms with van der Waals surface area (Å²) in [5.74, 6) is 0. The van der Waals surface area contributed by atoms with Crippen molar-refractivity contribution in [3.63, 3.8) is 0 Å². The van der Waals surface area contributed by atoms with Gasteiger partial charge in [0.05, 0.1) is 17.3 Å². The lowest BCUT2D eigenvalue weighted by Gasteiger charge is -2.30. The maximum absolute atomic E-state index is 11.7. The van der Waals surface area contributed by atoms with Gasteiger partial charge in [-0.05, 0) is 12.8 Å². The molecule has 0 atom stereocenters. The van der Waals surface area contributed by atoms with E-state index < -0.39 is 6.03 Å². The predicted molar refractivity (Wildman–Crippen MR) is 58.4 cm³/mol. The molecule has 1 saturated carbocycles. The Kier molecular flexibility index (Phi) is 4.81. The van der Waals surface area contributed by atoms with Crippen LogP contribution in [0.3, 0.4) is 0 Å². The number of halogens is 1. The molecule has 0 radical (unpaired) electrons. The Balaban J connectivity index is 2.60. The van der Waals surface area contributed by atoms with Crippen LogP contribution in [0.2, 0.25) is 0 Å². The number of nitroso groups, excluding NO2 is 1. The number of alkyl halides is 1. The number of nitrogens with zero attached hydrogens (tertiary/aromatic N) is 3. The van der Waals surface area contributed by atoms with Crippen LogP contribution in [0, 0.1) is 4.91 Å². The minimum atomic E-state index is -0.410. The number of carbonyl (C=O) groups is 1. The molecule has 0 aliphatic heterocycles. The van der Waals surface area contributed by atoms with Gasteiger partial charge in [-0.1, -0.05) is 19.3 Å². The van der Waals surface area contributed by atoms with Gasteiger partial charge < -0.3 is 4.90 Å². The molecule has 1 rings (SSSR count). The zero-order chi connectivity index (χ0) is 11.3. The Morgan fingerprint density at radius 2 is 2.00 bits per heavy atom. The molecule has 5 nitrogen and oxygen atoms in total. The molecule has 86 valence electrons. The Bertz CT molecular complexity index is 231. The van der Waals surface area contributed by atoms with Crippen molar-refractivity contribution in [2.45, 2.75) is 38.1 Å². The lowest BCUT2D eigenvalue weighted by molar-refractivity contribution is 0.133. The van der Waals surface area contributed by atoms with Gasteiger partial charge >= 0.3 is 6.03 Å². The number of urea groups is 1. The quantitative estimate of drug-likeness (QED) is 0.326. The van der Waals surface area contributed by atoms with E-state index in [2.05, 4.69) is 5.29 Å². The van der Waals surface area contributed by atoms with Gasteiger partial charge in [-0.15, -0.1) is 16.5 Å². The van der Waals surface area contributed by atoms with Crippen molar-refractivity contribution in [2.75, 3.05) is 13.1 Å². The van der Waals surface area contributed by atoms with Crippen molar-refractivity contribution in [2.24, 2.45) is 5.29 Å². The molecule has 0 aromatic carbocycles. The fourth-order valence-electron chi connectivity index (χ4n) is 1.81. The van der Waals surface area contributed by atoms with Gasteiger partial charge in [0.2, 0.25) is 0 Å². The van der Waals surface area contributed by atoms with E-state index in [1.165, 1.54) is 11.3 Å². The van der Waals surface area contributed by atoms with E-state index >= 15 is 0 Å². The Morgan fingerprint density at radius 3 is 2.47 bits per heavy atom. The van der Waals surface area contributed by atoms with Crippen LogP contribution in [0.1, 0.15) is 32.1 Å². The van der Waals surface area contributed by atoms with Gasteiger partial charge in [0.15, 0.2) is 0 Å². The standard InChI is InChI=1S/C9H16ClN3O2/c1-12(7-10)9(14)13(11-15)8-5-3-2-4-6-8/h8H,2-7H2,1H3. The molecular formula is C9H16ClN3O2. The molecule has 0 aromatic heterocycles. The van der Waals surface area contributed by atoms with Crippen LogP contribution < -0.4 is 0 Å². The number of rotatable bonds is 3. The average Bonchev–Trinajstić information content (AvgIpc) is 2.30. The van der Waals surface area contributed by atoms with E-state index in [0.29, 0.717) is 0 Å². The van der Waals surface area contributed by atoms with E-state index in [1.807, 2.05) is 0 Å². The molecule has 0 N–H and O–H groups in total. The Hall–Kier alpha value is -0.840. The van der Waals surface area contributed by atoms with Crippen molar-refractivity contribution < 1.29 is 4.79 Å². The highest BCUT2D eigenvalue weighted by molar-refractivity contribution is 6.18. The third-order valence-corrected chi connectivity index (χ3v) is 3.07. The predicted octanol–water partition coefficient (Wildman–Crippen LogP) is 2.55. The summed E-state index contributed by atoms with van der Waals surface area (Å²) in [5, 5.41) is 3.84. The fraction of sp³-hybridized carbons (Fsp3) is 0.889. The van der Waals surface area contributed by atoms with Crippen molar-refractivity contribution in [3.05, 3.63) is 4.91 Å². The zero-order valence-corrected chi connectivity index (χ0v) is 9.61. The molecule has 6 heteroatoms. The van der Waals surface area contributed by atoms with Crippen LogP contribution in [-0.4, -0.2) is 35.0 Å². The van der Waals surface area contributed by atoms with Crippen molar-refractivity contribution in [1.82, 2.24) is 9.91 Å². The molecule has 0 unspecified atom stereocenters. The Labute approximate surface area is 94.3 Å². The summed E-state index contributed by atoms with van der Waals surface area (Å²) in [6.45, 7) is 0. The topological polar surface area (TPSA) is 53.0 Å². The summed E-state index contributed by atoms with van der Waals surface area (Å²) in [4.78, 5) is 23.6. The van der Waals surface area contributed by atoms with E-state index in [4.69, 9.17) is 11.6 Å². The molecule has 0 saturated heterocycles. The normalized spacial score (nSPS) is 17.2. The van der Waals surface area contributed by atoms with Crippen LogP contribution >= 0.6 is 11.6 Å². The van der Waals surface area contributed by atoms with E-state index in [0.717, 1.165) is 30.7 Å². The molecular weight excluding hydrogens is 218 g/mol. The van der Waals surface area contributed by atoms with Crippen LogP contribution in [0.4, 0.5) is 4.79 Å². The van der Waals surface area contributed by atoms with E-state index in [-0.39, 0.29) is 12.0 Å². The van der Waals surface area contributed by atoms with Gasteiger partial charge in [0.25, 0.3) is 0 Å². The molecule has 1 aliphatic carbocycles. The number of amides is 2. The van der Waals surface area contributed by atoms with Crippen LogP contribution in [0.25, 0.3) is 0 Å². The van der Waals surface area contributed by atoms with Crippen molar-refractivity contribution in [3.8, 4) is 0 Å². The van der Waals surface area contributed by atoms with Gasteiger partial charge in [0.1, 0.15) is 0 Å². The number of hydrogen-bond donors (Lipinski definition) is 0. The molecule has 15 heavy (non-hydrogen) atoms. The Morgan fingerprint density at radius 1 is 1.40 bits per heavy atom. The molecule has 2 amide bonds. The minimum Gasteiger partial charge on any atom is -0.312 e. The van der Waals surface area contributed by atoms with Gasteiger partial charge in [-0.2, -0.15) is 5.01 Å². The molecule has 1 fully saturated rings. The molecule has 0 heterocycles. The second-order valence-electron chi connectivity index (χ2n) is 3.82. The first kappa shape index (κ1) is 12.2. The zero-order valence-electron chi connectivity index (χ0n) is 8.86. The van der Waals surface area contributed by atoms with Crippen molar-refractivity contribution in [1.29, 1.82) is 0 Å². The highest BCUT2D eigenvalue weighted by Gasteiger charge is 2.28. The maximum atomic E-state index is 11.7. The van der Waals surface area contributed by atoms with Gasteiger partial charge in [-0.3, -0.25) is 0 Å². The summed E-state index contributed by atoms with van der Waals surface area (Å²) in [6, 6.07) is -0.390. The summed E-state index contributed by atoms with van der Waals surface area (Å²) < 4.78 is 0. The maximum Gasteiger partial charge on any atom is 0.343 e. The van der Waals surface area contributed by atoms with Crippen LogP contribution in [0.15, 0.2) is 5.29 Å². The van der Waals surface area contributed by atoms with E-state index in [1.54, 1.807) is 7.05 Å². The first-order valence-corrected chi connectivity index (χ1v) is 5.67. The third kappa shape index (κ3) is 3.06. The molecule has 1 aliphatic rings. The summed E-state index contributed by atoms with van der Waals surface area (Å²) in [5.41, 5.74) is 0. The molecule has 0 bridgehead atoms. The second kappa shape index (κ2) is 5.90. The second-order valence-corrected chi connectivity index (χ2v) is 4.06. The summed E-state index contributed by atoms with van der Waals surface area (Å²) in [7, 11) is 1.55. The smallest absolute Gasteiger partial charge is 0.312 e. The van der Waals surface area contributed by atoms with Crippen LogP contribution in [-0.2, 0) is 0 Å². The van der Waals surface area contributed by atoms with Gasteiger partial charge in [0, 0.05) is 7.05 Å². The molecule has 0 spiro atoms. The van der Waals surface area contributed by atoms with E-state index in [9.17, 15) is 9.70 Å². The lowest BCUT2D eigenvalue weighted by Crippen LogP contribution is -2.43. The summed E-state index contributed by atoms with van der Waals surface area (Å²) in [6.07, 6.45) is 4.98.